The Balaban J connectivity index is 1.95. The predicted molar refractivity (Wildman–Crippen MR) is 71.2 cm³/mol. The van der Waals surface area contributed by atoms with Crippen molar-refractivity contribution in [2.45, 2.75) is 70.1 Å². The second-order valence-corrected chi connectivity index (χ2v) is 5.54. The first-order valence-electron chi connectivity index (χ1n) is 7.41. The van der Waals surface area contributed by atoms with Gasteiger partial charge >= 0.3 is 0 Å². The van der Waals surface area contributed by atoms with Crippen LogP contribution in [-0.4, -0.2) is 42.1 Å². The van der Waals surface area contributed by atoms with E-state index in [-0.39, 0.29) is 24.1 Å². The molecule has 104 valence electrons. The van der Waals surface area contributed by atoms with Crippen molar-refractivity contribution >= 4 is 5.91 Å². The highest BCUT2D eigenvalue weighted by Crippen LogP contribution is 2.28. The van der Waals surface area contributed by atoms with Crippen LogP contribution in [0.5, 0.6) is 0 Å². The van der Waals surface area contributed by atoms with Crippen molar-refractivity contribution in [3.63, 3.8) is 0 Å². The Morgan fingerprint density at radius 3 is 3.00 bits per heavy atom. The normalized spacial score (nSPS) is 29.8. The maximum atomic E-state index is 12.4. The molecule has 2 N–H and O–H groups in total. The van der Waals surface area contributed by atoms with E-state index in [2.05, 4.69) is 6.92 Å². The number of rotatable bonds is 4. The van der Waals surface area contributed by atoms with Crippen molar-refractivity contribution in [3.05, 3.63) is 0 Å². The van der Waals surface area contributed by atoms with E-state index in [9.17, 15) is 4.79 Å². The lowest BCUT2D eigenvalue weighted by Gasteiger charge is -2.44. The summed E-state index contributed by atoms with van der Waals surface area (Å²) in [6, 6.07) is -0.0293. The average molecular weight is 254 g/mol. The molecule has 1 saturated heterocycles. The van der Waals surface area contributed by atoms with Crippen LogP contribution in [0.1, 0.15) is 51.9 Å². The highest BCUT2D eigenvalue weighted by molar-refractivity contribution is 5.82. The zero-order valence-electron chi connectivity index (χ0n) is 11.4. The van der Waals surface area contributed by atoms with Crippen LogP contribution in [-0.2, 0) is 9.53 Å². The van der Waals surface area contributed by atoms with Gasteiger partial charge in [-0.2, -0.15) is 0 Å². The van der Waals surface area contributed by atoms with Crippen LogP contribution in [0, 0.1) is 0 Å². The Hall–Kier alpha value is -0.610. The summed E-state index contributed by atoms with van der Waals surface area (Å²) in [5.41, 5.74) is 6.02. The molecular weight excluding hydrogens is 228 g/mol. The molecule has 0 bridgehead atoms. The standard InChI is InChI=1S/C14H26N2O2/c1-2-3-6-11(15)14(17)16-9-10-18-13-8-5-4-7-12(13)16/h11-13H,2-10,15H2,1H3. The number of hydrogen-bond acceptors (Lipinski definition) is 3. The van der Waals surface area contributed by atoms with Crippen LogP contribution in [0.25, 0.3) is 0 Å². The minimum absolute atomic E-state index is 0.142. The highest BCUT2D eigenvalue weighted by Gasteiger charge is 2.37. The number of nitrogens with two attached hydrogens (primary N) is 1. The van der Waals surface area contributed by atoms with Gasteiger partial charge in [-0.25, -0.2) is 0 Å². The summed E-state index contributed by atoms with van der Waals surface area (Å²) in [6.45, 7) is 3.52. The van der Waals surface area contributed by atoms with Gasteiger partial charge in [0.15, 0.2) is 0 Å². The maximum Gasteiger partial charge on any atom is 0.239 e. The van der Waals surface area contributed by atoms with Crippen LogP contribution in [0.2, 0.25) is 0 Å². The second kappa shape index (κ2) is 6.53. The summed E-state index contributed by atoms with van der Waals surface area (Å²) in [5.74, 6) is 0.142. The molecule has 2 rings (SSSR count). The Morgan fingerprint density at radius 2 is 2.22 bits per heavy atom. The molecule has 4 nitrogen and oxygen atoms in total. The molecule has 1 heterocycles. The quantitative estimate of drug-likeness (QED) is 0.830. The fourth-order valence-corrected chi connectivity index (χ4v) is 3.13. The first kappa shape index (κ1) is 13.8. The number of fused-ring (bicyclic) bond motifs is 1. The van der Waals surface area contributed by atoms with Crippen LogP contribution in [0.15, 0.2) is 0 Å². The third-order valence-electron chi connectivity index (χ3n) is 4.20. The molecule has 18 heavy (non-hydrogen) atoms. The summed E-state index contributed by atoms with van der Waals surface area (Å²) in [7, 11) is 0. The van der Waals surface area contributed by atoms with Gasteiger partial charge in [0.25, 0.3) is 0 Å². The van der Waals surface area contributed by atoms with E-state index in [1.807, 2.05) is 4.90 Å². The molecule has 2 fully saturated rings. The number of ether oxygens (including phenoxy) is 1. The van der Waals surface area contributed by atoms with Crippen LogP contribution in [0.3, 0.4) is 0 Å². The summed E-state index contributed by atoms with van der Waals surface area (Å²) in [6.07, 6.45) is 7.81. The van der Waals surface area contributed by atoms with Gasteiger partial charge in [0.2, 0.25) is 5.91 Å². The number of hydrogen-bond donors (Lipinski definition) is 1. The van der Waals surface area contributed by atoms with Gasteiger partial charge in [-0.15, -0.1) is 0 Å². The number of amides is 1. The van der Waals surface area contributed by atoms with Crippen molar-refractivity contribution in [2.75, 3.05) is 13.2 Å². The molecule has 1 amide bonds. The third kappa shape index (κ3) is 3.04. The summed E-state index contributed by atoms with van der Waals surface area (Å²) >= 11 is 0. The monoisotopic (exact) mass is 254 g/mol. The lowest BCUT2D eigenvalue weighted by molar-refractivity contribution is -0.151. The molecule has 1 aliphatic carbocycles. The number of carbonyl (C=O) groups excluding carboxylic acids is 1. The largest absolute Gasteiger partial charge is 0.374 e. The molecule has 0 aromatic heterocycles. The number of morpholine rings is 1. The van der Waals surface area contributed by atoms with Crippen LogP contribution < -0.4 is 5.73 Å². The van der Waals surface area contributed by atoms with Crippen LogP contribution in [0.4, 0.5) is 0 Å². The van der Waals surface area contributed by atoms with Gasteiger partial charge in [-0.05, 0) is 19.3 Å². The molecule has 1 saturated carbocycles. The SMILES string of the molecule is CCCCC(N)C(=O)N1CCOC2CCCCC21. The average Bonchev–Trinajstić information content (AvgIpc) is 2.43. The molecule has 0 spiro atoms. The van der Waals surface area contributed by atoms with E-state index in [4.69, 9.17) is 10.5 Å². The van der Waals surface area contributed by atoms with Crippen LogP contribution >= 0.6 is 0 Å². The van der Waals surface area contributed by atoms with Gasteiger partial charge in [-0.1, -0.05) is 32.6 Å². The summed E-state index contributed by atoms with van der Waals surface area (Å²) in [4.78, 5) is 14.4. The van der Waals surface area contributed by atoms with E-state index in [1.54, 1.807) is 0 Å². The van der Waals surface area contributed by atoms with Gasteiger partial charge in [0, 0.05) is 6.54 Å². The summed E-state index contributed by atoms with van der Waals surface area (Å²) < 4.78 is 5.79. The van der Waals surface area contributed by atoms with E-state index >= 15 is 0 Å². The van der Waals surface area contributed by atoms with Gasteiger partial charge in [0.05, 0.1) is 24.8 Å². The van der Waals surface area contributed by atoms with Gasteiger partial charge < -0.3 is 15.4 Å². The van der Waals surface area contributed by atoms with Crippen molar-refractivity contribution < 1.29 is 9.53 Å². The zero-order valence-corrected chi connectivity index (χ0v) is 11.4. The maximum absolute atomic E-state index is 12.4. The van der Waals surface area contributed by atoms with Gasteiger partial charge in [0.1, 0.15) is 0 Å². The van der Waals surface area contributed by atoms with Crippen molar-refractivity contribution in [3.8, 4) is 0 Å². The molecule has 0 radical (unpaired) electrons. The van der Waals surface area contributed by atoms with E-state index in [0.29, 0.717) is 6.61 Å². The molecule has 0 aromatic carbocycles. The third-order valence-corrected chi connectivity index (χ3v) is 4.20. The van der Waals surface area contributed by atoms with E-state index in [0.717, 1.165) is 38.6 Å². The molecule has 3 unspecified atom stereocenters. The van der Waals surface area contributed by atoms with Crippen molar-refractivity contribution in [1.82, 2.24) is 4.90 Å². The number of carbonyl (C=O) groups is 1. The Labute approximate surface area is 110 Å². The first-order valence-corrected chi connectivity index (χ1v) is 7.41. The predicted octanol–water partition coefficient (Wildman–Crippen LogP) is 1.67. The lowest BCUT2D eigenvalue weighted by Crippen LogP contribution is -2.58. The number of unbranched alkanes of at least 4 members (excludes halogenated alkanes) is 1. The summed E-state index contributed by atoms with van der Waals surface area (Å²) in [5, 5.41) is 0. The Kier molecular flexibility index (Phi) is 5.01. The topological polar surface area (TPSA) is 55.6 Å². The van der Waals surface area contributed by atoms with Crippen molar-refractivity contribution in [1.29, 1.82) is 0 Å². The minimum atomic E-state index is -0.314. The molecule has 3 atom stereocenters. The van der Waals surface area contributed by atoms with Gasteiger partial charge in [-0.3, -0.25) is 4.79 Å². The Morgan fingerprint density at radius 1 is 1.44 bits per heavy atom. The highest BCUT2D eigenvalue weighted by atomic mass is 16.5. The second-order valence-electron chi connectivity index (χ2n) is 5.54. The zero-order chi connectivity index (χ0) is 13.0. The van der Waals surface area contributed by atoms with E-state index in [1.165, 1.54) is 12.8 Å². The molecule has 2 aliphatic rings. The fourth-order valence-electron chi connectivity index (χ4n) is 3.13. The molecule has 4 heteroatoms. The smallest absolute Gasteiger partial charge is 0.239 e. The first-order chi connectivity index (χ1) is 8.74. The molecule has 0 aromatic rings. The molecular formula is C14H26N2O2. The minimum Gasteiger partial charge on any atom is -0.374 e. The lowest BCUT2D eigenvalue weighted by atomic mass is 9.89. The Bertz CT molecular complexity index is 281. The van der Waals surface area contributed by atoms with Crippen molar-refractivity contribution in [2.24, 2.45) is 5.73 Å². The number of nitrogens with zero attached hydrogens (tertiary/aromatic N) is 1. The molecule has 1 aliphatic heterocycles. The fraction of sp³-hybridized carbons (Fsp3) is 0.929. The van der Waals surface area contributed by atoms with E-state index < -0.39 is 0 Å².